The third-order valence-electron chi connectivity index (χ3n) is 4.55. The number of nitrogens with two attached hydrogens (primary N) is 1. The van der Waals surface area contributed by atoms with E-state index < -0.39 is 6.10 Å². The Labute approximate surface area is 140 Å². The molecule has 1 aliphatic rings. The Morgan fingerprint density at radius 1 is 1.33 bits per heavy atom. The number of carbonyl (C=O) groups excluding carboxylic acids is 1. The zero-order valence-electron chi connectivity index (χ0n) is 13.5. The molecule has 2 aromatic rings. The van der Waals surface area contributed by atoms with Crippen molar-refractivity contribution in [3.05, 3.63) is 48.0 Å². The number of rotatable bonds is 6. The summed E-state index contributed by atoms with van der Waals surface area (Å²) in [6.45, 7) is 1.09. The molecule has 0 spiro atoms. The molecule has 3 atom stereocenters. The van der Waals surface area contributed by atoms with E-state index >= 15 is 0 Å². The van der Waals surface area contributed by atoms with Crippen LogP contribution in [0.5, 0.6) is 0 Å². The predicted molar refractivity (Wildman–Crippen MR) is 88.7 cm³/mol. The van der Waals surface area contributed by atoms with Crippen LogP contribution in [0.15, 0.2) is 36.7 Å². The molecule has 1 heterocycles. The number of carbonyl (C=O) groups is 1. The number of aromatic nitrogens is 3. The van der Waals surface area contributed by atoms with Gasteiger partial charge in [-0.3, -0.25) is 4.79 Å². The summed E-state index contributed by atoms with van der Waals surface area (Å²) in [6, 6.07) is 9.89. The summed E-state index contributed by atoms with van der Waals surface area (Å²) in [7, 11) is 0. The molecule has 7 heteroatoms. The van der Waals surface area contributed by atoms with Crippen LogP contribution in [0.4, 0.5) is 0 Å². The van der Waals surface area contributed by atoms with E-state index in [1.165, 1.54) is 5.56 Å². The van der Waals surface area contributed by atoms with Gasteiger partial charge in [0, 0.05) is 18.5 Å². The fourth-order valence-electron chi connectivity index (χ4n) is 3.07. The van der Waals surface area contributed by atoms with Gasteiger partial charge in [-0.15, -0.1) is 10.2 Å². The number of amides is 1. The van der Waals surface area contributed by atoms with Crippen molar-refractivity contribution < 1.29 is 9.90 Å². The first-order valence-corrected chi connectivity index (χ1v) is 8.25. The molecule has 1 aromatic carbocycles. The Bertz CT molecular complexity index is 663. The topological polar surface area (TPSA) is 106 Å². The molecule has 1 aromatic heterocycles. The lowest BCUT2D eigenvalue weighted by Crippen LogP contribution is -2.31. The number of nitrogens with zero attached hydrogens (tertiary/aromatic N) is 3. The minimum Gasteiger partial charge on any atom is -0.391 e. The Balaban J connectivity index is 1.51. The van der Waals surface area contributed by atoms with E-state index in [1.54, 1.807) is 6.33 Å². The SMILES string of the molecule is N[C@@H]1C[C@H](C(=O)NCc2nncn2CCc2ccccc2)C[C@H]1O. The van der Waals surface area contributed by atoms with Gasteiger partial charge in [-0.2, -0.15) is 0 Å². The van der Waals surface area contributed by atoms with Gasteiger partial charge in [0.1, 0.15) is 6.33 Å². The van der Waals surface area contributed by atoms with Gasteiger partial charge in [-0.25, -0.2) is 0 Å². The lowest BCUT2D eigenvalue weighted by atomic mass is 10.1. The lowest BCUT2D eigenvalue weighted by molar-refractivity contribution is -0.125. The van der Waals surface area contributed by atoms with E-state index in [2.05, 4.69) is 27.6 Å². The van der Waals surface area contributed by atoms with Crippen LogP contribution in [-0.2, 0) is 24.3 Å². The fourth-order valence-corrected chi connectivity index (χ4v) is 3.07. The number of aliphatic hydroxyl groups excluding tert-OH is 1. The summed E-state index contributed by atoms with van der Waals surface area (Å²) in [4.78, 5) is 12.2. The monoisotopic (exact) mass is 329 g/mol. The molecule has 1 amide bonds. The number of aliphatic hydroxyl groups is 1. The summed E-state index contributed by atoms with van der Waals surface area (Å²) in [5.41, 5.74) is 7.01. The maximum absolute atomic E-state index is 12.2. The smallest absolute Gasteiger partial charge is 0.223 e. The largest absolute Gasteiger partial charge is 0.391 e. The van der Waals surface area contributed by atoms with Crippen LogP contribution >= 0.6 is 0 Å². The van der Waals surface area contributed by atoms with Gasteiger partial charge in [0.2, 0.25) is 5.91 Å². The van der Waals surface area contributed by atoms with Crippen molar-refractivity contribution in [3.8, 4) is 0 Å². The summed E-state index contributed by atoms with van der Waals surface area (Å²) >= 11 is 0. The Hall–Kier alpha value is -2.25. The molecule has 1 aliphatic carbocycles. The maximum atomic E-state index is 12.2. The lowest BCUT2D eigenvalue weighted by Gasteiger charge is -2.11. The van der Waals surface area contributed by atoms with Crippen LogP contribution < -0.4 is 11.1 Å². The van der Waals surface area contributed by atoms with Crippen molar-refractivity contribution in [2.24, 2.45) is 11.7 Å². The highest BCUT2D eigenvalue weighted by Gasteiger charge is 2.34. The number of hydrogen-bond acceptors (Lipinski definition) is 5. The van der Waals surface area contributed by atoms with Crippen LogP contribution in [0.25, 0.3) is 0 Å². The molecule has 1 saturated carbocycles. The molecule has 4 N–H and O–H groups in total. The second-order valence-electron chi connectivity index (χ2n) is 6.29. The number of aryl methyl sites for hydroxylation is 2. The average Bonchev–Trinajstić information content (AvgIpc) is 3.18. The molecule has 3 rings (SSSR count). The summed E-state index contributed by atoms with van der Waals surface area (Å²) in [5, 5.41) is 20.6. The van der Waals surface area contributed by atoms with Crippen molar-refractivity contribution in [3.63, 3.8) is 0 Å². The summed E-state index contributed by atoms with van der Waals surface area (Å²) < 4.78 is 1.95. The van der Waals surface area contributed by atoms with Gasteiger partial charge in [0.15, 0.2) is 5.82 Å². The first-order chi connectivity index (χ1) is 11.6. The minimum atomic E-state index is -0.588. The number of nitrogens with one attached hydrogen (secondary N) is 1. The third kappa shape index (κ3) is 3.98. The van der Waals surface area contributed by atoms with Crippen LogP contribution in [0.1, 0.15) is 24.2 Å². The Morgan fingerprint density at radius 3 is 2.83 bits per heavy atom. The van der Waals surface area contributed by atoms with E-state index in [9.17, 15) is 9.90 Å². The van der Waals surface area contributed by atoms with Gasteiger partial charge < -0.3 is 20.7 Å². The Morgan fingerprint density at radius 2 is 2.12 bits per heavy atom. The van der Waals surface area contributed by atoms with Gasteiger partial charge >= 0.3 is 0 Å². The van der Waals surface area contributed by atoms with Crippen LogP contribution in [-0.4, -0.2) is 37.9 Å². The molecule has 128 valence electrons. The van der Waals surface area contributed by atoms with E-state index in [4.69, 9.17) is 5.73 Å². The fraction of sp³-hybridized carbons (Fsp3) is 0.471. The molecule has 7 nitrogen and oxygen atoms in total. The normalized spacial score (nSPS) is 23.3. The molecule has 0 unspecified atom stereocenters. The minimum absolute atomic E-state index is 0.0837. The van der Waals surface area contributed by atoms with Gasteiger partial charge in [0.25, 0.3) is 0 Å². The van der Waals surface area contributed by atoms with Crippen molar-refractivity contribution in [2.45, 2.75) is 44.5 Å². The Kier molecular flexibility index (Phi) is 5.22. The highest BCUT2D eigenvalue weighted by molar-refractivity contribution is 5.79. The first-order valence-electron chi connectivity index (χ1n) is 8.25. The van der Waals surface area contributed by atoms with E-state index in [-0.39, 0.29) is 17.9 Å². The first kappa shape index (κ1) is 16.6. The zero-order valence-corrected chi connectivity index (χ0v) is 13.5. The molecule has 1 fully saturated rings. The van der Waals surface area contributed by atoms with Crippen LogP contribution in [0.2, 0.25) is 0 Å². The number of benzene rings is 1. The molecular formula is C17H23N5O2. The van der Waals surface area contributed by atoms with Crippen molar-refractivity contribution in [1.29, 1.82) is 0 Å². The third-order valence-corrected chi connectivity index (χ3v) is 4.55. The molecule has 0 radical (unpaired) electrons. The standard InChI is InChI=1S/C17H23N5O2/c18-14-8-13(9-15(14)23)17(24)19-10-16-21-20-11-22(16)7-6-12-4-2-1-3-5-12/h1-5,11,13-15,23H,6-10,18H2,(H,19,24)/t13-,14+,15+/m0/s1. The van der Waals surface area contributed by atoms with E-state index in [0.29, 0.717) is 19.4 Å². The second-order valence-corrected chi connectivity index (χ2v) is 6.29. The van der Waals surface area contributed by atoms with Crippen molar-refractivity contribution in [1.82, 2.24) is 20.1 Å². The molecule has 0 bridgehead atoms. The highest BCUT2D eigenvalue weighted by Crippen LogP contribution is 2.24. The summed E-state index contributed by atoms with van der Waals surface area (Å²) in [5.74, 6) is 0.414. The average molecular weight is 329 g/mol. The predicted octanol–water partition coefficient (Wildman–Crippen LogP) is 0.235. The summed E-state index contributed by atoms with van der Waals surface area (Å²) in [6.07, 6.45) is 2.92. The van der Waals surface area contributed by atoms with Crippen molar-refractivity contribution in [2.75, 3.05) is 0 Å². The second kappa shape index (κ2) is 7.55. The van der Waals surface area contributed by atoms with Gasteiger partial charge in [-0.1, -0.05) is 30.3 Å². The maximum Gasteiger partial charge on any atom is 0.223 e. The molecule has 24 heavy (non-hydrogen) atoms. The molecular weight excluding hydrogens is 306 g/mol. The number of hydrogen-bond donors (Lipinski definition) is 3. The van der Waals surface area contributed by atoms with Crippen LogP contribution in [0, 0.1) is 5.92 Å². The van der Waals surface area contributed by atoms with Crippen molar-refractivity contribution >= 4 is 5.91 Å². The molecule has 0 saturated heterocycles. The van der Waals surface area contributed by atoms with E-state index in [0.717, 1.165) is 18.8 Å². The van der Waals surface area contributed by atoms with Gasteiger partial charge in [-0.05, 0) is 24.8 Å². The molecule has 0 aliphatic heterocycles. The zero-order chi connectivity index (χ0) is 16.9. The van der Waals surface area contributed by atoms with Crippen LogP contribution in [0.3, 0.4) is 0 Å². The quantitative estimate of drug-likeness (QED) is 0.704. The highest BCUT2D eigenvalue weighted by atomic mass is 16.3. The van der Waals surface area contributed by atoms with E-state index in [1.807, 2.05) is 22.8 Å². The van der Waals surface area contributed by atoms with Gasteiger partial charge in [0.05, 0.1) is 12.6 Å².